The fourth-order valence-corrected chi connectivity index (χ4v) is 3.27. The number of pyridine rings is 1. The van der Waals surface area contributed by atoms with Gasteiger partial charge in [-0.3, -0.25) is 4.79 Å². The lowest BCUT2D eigenvalue weighted by atomic mass is 10.1. The van der Waals surface area contributed by atoms with E-state index in [4.69, 9.17) is 4.74 Å². The molecule has 25 heavy (non-hydrogen) atoms. The number of alkyl halides is 3. The Balaban J connectivity index is 2.11. The molecule has 4 nitrogen and oxygen atoms in total. The van der Waals surface area contributed by atoms with Crippen LogP contribution in [0.1, 0.15) is 44.6 Å². The van der Waals surface area contributed by atoms with Crippen LogP contribution in [0, 0.1) is 0 Å². The fraction of sp³-hybridized carbons (Fsp3) is 0.500. The van der Waals surface area contributed by atoms with Crippen LogP contribution >= 0.6 is 0 Å². The van der Waals surface area contributed by atoms with Gasteiger partial charge in [-0.2, -0.15) is 0 Å². The minimum atomic E-state index is -4.77. The summed E-state index contributed by atoms with van der Waals surface area (Å²) in [7, 11) is 0. The Hall–Kier alpha value is -2.18. The van der Waals surface area contributed by atoms with E-state index < -0.39 is 6.36 Å². The lowest BCUT2D eigenvalue weighted by Gasteiger charge is -2.19. The summed E-state index contributed by atoms with van der Waals surface area (Å²) in [6.45, 7) is 1.94. The van der Waals surface area contributed by atoms with Gasteiger partial charge in [-0.1, -0.05) is 13.3 Å². The molecule has 0 radical (unpaired) electrons. The molecule has 0 saturated heterocycles. The first-order valence-electron chi connectivity index (χ1n) is 8.48. The first-order valence-corrected chi connectivity index (χ1v) is 8.48. The lowest BCUT2D eigenvalue weighted by Crippen LogP contribution is -2.20. The topological polar surface area (TPSA) is 51.3 Å². The SMILES string of the molecule is CCCc1c(OC2CCCC2)c2cc(OC(F)(F)F)ccc2[nH]c1=O. The number of H-pyrrole nitrogens is 1. The van der Waals surface area contributed by atoms with Crippen molar-refractivity contribution in [2.45, 2.75) is 57.9 Å². The number of fused-ring (bicyclic) bond motifs is 1. The summed E-state index contributed by atoms with van der Waals surface area (Å²) >= 11 is 0. The molecule has 136 valence electrons. The van der Waals surface area contributed by atoms with Crippen molar-refractivity contribution in [3.05, 3.63) is 34.1 Å². The van der Waals surface area contributed by atoms with Crippen LogP contribution in [0.2, 0.25) is 0 Å². The molecule has 1 saturated carbocycles. The van der Waals surface area contributed by atoms with Crippen LogP contribution in [0.4, 0.5) is 13.2 Å². The second kappa shape index (κ2) is 6.98. The van der Waals surface area contributed by atoms with E-state index in [1.807, 2.05) is 6.92 Å². The number of nitrogens with one attached hydrogen (secondary N) is 1. The van der Waals surface area contributed by atoms with Crippen molar-refractivity contribution in [1.82, 2.24) is 4.98 Å². The third kappa shape index (κ3) is 4.08. The van der Waals surface area contributed by atoms with Gasteiger partial charge in [0.15, 0.2) is 0 Å². The number of halogens is 3. The molecule has 1 aromatic heterocycles. The highest BCUT2D eigenvalue weighted by Crippen LogP contribution is 2.34. The van der Waals surface area contributed by atoms with Crippen molar-refractivity contribution in [2.75, 3.05) is 0 Å². The summed E-state index contributed by atoms with van der Waals surface area (Å²) in [5.41, 5.74) is 0.658. The van der Waals surface area contributed by atoms with E-state index in [1.54, 1.807) is 0 Å². The van der Waals surface area contributed by atoms with Gasteiger partial charge in [0.2, 0.25) is 0 Å². The van der Waals surface area contributed by atoms with E-state index in [2.05, 4.69) is 9.72 Å². The fourth-order valence-electron chi connectivity index (χ4n) is 3.27. The number of rotatable bonds is 5. The van der Waals surface area contributed by atoms with Crippen molar-refractivity contribution in [3.63, 3.8) is 0 Å². The summed E-state index contributed by atoms with van der Waals surface area (Å²) < 4.78 is 47.7. The molecule has 1 fully saturated rings. The molecule has 2 aromatic rings. The monoisotopic (exact) mass is 355 g/mol. The minimum Gasteiger partial charge on any atom is -0.489 e. The Morgan fingerprint density at radius 2 is 1.96 bits per heavy atom. The Morgan fingerprint density at radius 1 is 1.24 bits per heavy atom. The first-order chi connectivity index (χ1) is 11.9. The van der Waals surface area contributed by atoms with E-state index >= 15 is 0 Å². The third-order valence-corrected chi connectivity index (χ3v) is 4.35. The molecule has 1 aliphatic rings. The highest BCUT2D eigenvalue weighted by molar-refractivity contribution is 5.87. The number of aromatic nitrogens is 1. The number of hydrogen-bond acceptors (Lipinski definition) is 3. The number of hydrogen-bond donors (Lipinski definition) is 1. The zero-order chi connectivity index (χ0) is 18.0. The van der Waals surface area contributed by atoms with Gasteiger partial charge in [0.25, 0.3) is 5.56 Å². The lowest BCUT2D eigenvalue weighted by molar-refractivity contribution is -0.274. The molecule has 3 rings (SSSR count). The molecule has 7 heteroatoms. The van der Waals surface area contributed by atoms with E-state index in [0.717, 1.165) is 32.1 Å². The van der Waals surface area contributed by atoms with Gasteiger partial charge >= 0.3 is 6.36 Å². The van der Waals surface area contributed by atoms with Crippen LogP contribution < -0.4 is 15.0 Å². The van der Waals surface area contributed by atoms with Crippen molar-refractivity contribution in [3.8, 4) is 11.5 Å². The molecule has 1 aromatic carbocycles. The van der Waals surface area contributed by atoms with Gasteiger partial charge < -0.3 is 14.5 Å². The van der Waals surface area contributed by atoms with Crippen LogP contribution in [0.25, 0.3) is 10.9 Å². The van der Waals surface area contributed by atoms with Crippen molar-refractivity contribution in [2.24, 2.45) is 0 Å². The van der Waals surface area contributed by atoms with E-state index in [0.29, 0.717) is 28.6 Å². The predicted octanol–water partition coefficient (Wildman–Crippen LogP) is 4.70. The normalized spacial score (nSPS) is 15.7. The molecule has 1 N–H and O–H groups in total. The van der Waals surface area contributed by atoms with Gasteiger partial charge in [-0.25, -0.2) is 0 Å². The highest BCUT2D eigenvalue weighted by Gasteiger charge is 2.31. The molecule has 0 amide bonds. The molecule has 0 bridgehead atoms. The minimum absolute atomic E-state index is 0.00667. The molecule has 0 aliphatic heterocycles. The van der Waals surface area contributed by atoms with E-state index in [-0.39, 0.29) is 17.4 Å². The Morgan fingerprint density at radius 3 is 2.60 bits per heavy atom. The number of aromatic amines is 1. The maximum Gasteiger partial charge on any atom is 0.573 e. The molecule has 1 heterocycles. The molecule has 0 unspecified atom stereocenters. The first kappa shape index (κ1) is 17.6. The summed E-state index contributed by atoms with van der Waals surface area (Å²) in [5.74, 6) is 0.0610. The second-order valence-electron chi connectivity index (χ2n) is 6.29. The van der Waals surface area contributed by atoms with Gasteiger partial charge in [-0.15, -0.1) is 13.2 Å². The quantitative estimate of drug-likeness (QED) is 0.846. The Kier molecular flexibility index (Phi) is 4.92. The zero-order valence-corrected chi connectivity index (χ0v) is 13.9. The second-order valence-corrected chi connectivity index (χ2v) is 6.29. The molecular weight excluding hydrogens is 335 g/mol. The molecular formula is C18H20F3NO3. The Bertz CT molecular complexity index is 808. The summed E-state index contributed by atoms with van der Waals surface area (Å²) in [5, 5.41) is 0.441. The maximum absolute atomic E-state index is 12.5. The summed E-state index contributed by atoms with van der Waals surface area (Å²) in [4.78, 5) is 15.1. The average Bonchev–Trinajstić information content (AvgIpc) is 3.03. The summed E-state index contributed by atoms with van der Waals surface area (Å²) in [6, 6.07) is 3.88. The van der Waals surface area contributed by atoms with Gasteiger partial charge in [0.1, 0.15) is 11.5 Å². The predicted molar refractivity (Wildman–Crippen MR) is 88.1 cm³/mol. The van der Waals surface area contributed by atoms with Crippen molar-refractivity contribution < 1.29 is 22.6 Å². The number of benzene rings is 1. The molecule has 1 aliphatic carbocycles. The standard InChI is InChI=1S/C18H20F3NO3/c1-2-5-13-16(24-11-6-3-4-7-11)14-10-12(25-18(19,20)21)8-9-15(14)22-17(13)23/h8-11H,2-7H2,1H3,(H,22,23). The average molecular weight is 355 g/mol. The van der Waals surface area contributed by atoms with Crippen LogP contribution in [0.3, 0.4) is 0 Å². The maximum atomic E-state index is 12.5. The molecule has 0 atom stereocenters. The smallest absolute Gasteiger partial charge is 0.489 e. The van der Waals surface area contributed by atoms with Crippen molar-refractivity contribution in [1.29, 1.82) is 0 Å². The highest BCUT2D eigenvalue weighted by atomic mass is 19.4. The van der Waals surface area contributed by atoms with Gasteiger partial charge in [0.05, 0.1) is 17.2 Å². The molecule has 0 spiro atoms. The number of ether oxygens (including phenoxy) is 2. The van der Waals surface area contributed by atoms with Crippen LogP contribution in [0.5, 0.6) is 11.5 Å². The largest absolute Gasteiger partial charge is 0.573 e. The summed E-state index contributed by atoms with van der Waals surface area (Å²) in [6.07, 6.45) is 0.333. The van der Waals surface area contributed by atoms with Crippen LogP contribution in [-0.4, -0.2) is 17.5 Å². The van der Waals surface area contributed by atoms with E-state index in [9.17, 15) is 18.0 Å². The zero-order valence-electron chi connectivity index (χ0n) is 13.9. The van der Waals surface area contributed by atoms with Crippen molar-refractivity contribution >= 4 is 10.9 Å². The van der Waals surface area contributed by atoms with Crippen LogP contribution in [0.15, 0.2) is 23.0 Å². The Labute approximate surface area is 142 Å². The van der Waals surface area contributed by atoms with Gasteiger partial charge in [0, 0.05) is 5.39 Å². The van der Waals surface area contributed by atoms with E-state index in [1.165, 1.54) is 18.2 Å². The third-order valence-electron chi connectivity index (χ3n) is 4.35. The van der Waals surface area contributed by atoms with Gasteiger partial charge in [-0.05, 0) is 50.3 Å². The van der Waals surface area contributed by atoms with Crippen LogP contribution in [-0.2, 0) is 6.42 Å².